The number of benzene rings is 1. The number of rotatable bonds is 4. The molecule has 3 heterocycles. The first-order valence-electron chi connectivity index (χ1n) is 8.69. The second-order valence-corrected chi connectivity index (χ2v) is 6.45. The van der Waals surface area contributed by atoms with E-state index in [1.165, 1.54) is 5.56 Å². The van der Waals surface area contributed by atoms with E-state index in [-0.39, 0.29) is 12.1 Å². The van der Waals surface area contributed by atoms with Crippen molar-refractivity contribution in [2.45, 2.75) is 31.9 Å². The lowest BCUT2D eigenvalue weighted by Crippen LogP contribution is -2.37. The van der Waals surface area contributed by atoms with Crippen LogP contribution >= 0.6 is 0 Å². The van der Waals surface area contributed by atoms with Gasteiger partial charge in [0.25, 0.3) is 0 Å². The molecule has 0 spiro atoms. The number of fused-ring (bicyclic) bond motifs is 1. The number of carbonyl (C=O) groups is 1. The number of hydrogen-bond donors (Lipinski definition) is 1. The van der Waals surface area contributed by atoms with Crippen LogP contribution in [0.25, 0.3) is 11.0 Å². The van der Waals surface area contributed by atoms with Gasteiger partial charge in [0.15, 0.2) is 0 Å². The largest absolute Gasteiger partial charge is 0.445 e. The number of H-pyrrole nitrogens is 1. The van der Waals surface area contributed by atoms with Crippen molar-refractivity contribution in [3.8, 4) is 0 Å². The van der Waals surface area contributed by atoms with Crippen LogP contribution in [0, 0.1) is 0 Å². The summed E-state index contributed by atoms with van der Waals surface area (Å²) in [6, 6.07) is 14.0. The summed E-state index contributed by atoms with van der Waals surface area (Å²) < 4.78 is 5.52. The molecule has 1 N–H and O–H groups in total. The summed E-state index contributed by atoms with van der Waals surface area (Å²) in [6.45, 7) is 1.08. The topological polar surface area (TPSA) is 58.2 Å². The number of hydrogen-bond acceptors (Lipinski definition) is 3. The van der Waals surface area contributed by atoms with Crippen LogP contribution in [0.5, 0.6) is 0 Å². The van der Waals surface area contributed by atoms with Crippen molar-refractivity contribution in [2.24, 2.45) is 0 Å². The van der Waals surface area contributed by atoms with Gasteiger partial charge in [0.05, 0.1) is 0 Å². The molecule has 1 atom stereocenters. The van der Waals surface area contributed by atoms with Gasteiger partial charge in [0, 0.05) is 30.4 Å². The lowest BCUT2D eigenvalue weighted by atomic mass is 10.0. The predicted molar refractivity (Wildman–Crippen MR) is 96.2 cm³/mol. The van der Waals surface area contributed by atoms with Gasteiger partial charge in [-0.25, -0.2) is 9.78 Å². The molecule has 1 amide bonds. The fourth-order valence-corrected chi connectivity index (χ4v) is 3.53. The summed E-state index contributed by atoms with van der Waals surface area (Å²) in [5.41, 5.74) is 3.11. The maximum Gasteiger partial charge on any atom is 0.410 e. The molecule has 3 aromatic rings. The number of amides is 1. The monoisotopic (exact) mass is 335 g/mol. The quantitative estimate of drug-likeness (QED) is 0.786. The summed E-state index contributed by atoms with van der Waals surface area (Å²) in [6.07, 6.45) is 6.42. The zero-order chi connectivity index (χ0) is 17.1. The zero-order valence-electron chi connectivity index (χ0n) is 14.0. The van der Waals surface area contributed by atoms with E-state index >= 15 is 0 Å². The number of likely N-dealkylation sites (tertiary alicyclic amines) is 1. The normalized spacial score (nSPS) is 17.1. The highest BCUT2D eigenvalue weighted by atomic mass is 16.6. The van der Waals surface area contributed by atoms with Gasteiger partial charge in [0.2, 0.25) is 0 Å². The Morgan fingerprint density at radius 3 is 3.00 bits per heavy atom. The summed E-state index contributed by atoms with van der Waals surface area (Å²) in [7, 11) is 0. The van der Waals surface area contributed by atoms with Crippen LogP contribution in [0.4, 0.5) is 4.79 Å². The molecule has 1 aromatic carbocycles. The van der Waals surface area contributed by atoms with Crippen LogP contribution in [-0.2, 0) is 17.8 Å². The third-order valence-corrected chi connectivity index (χ3v) is 4.81. The van der Waals surface area contributed by atoms with E-state index in [1.54, 1.807) is 6.20 Å². The molecule has 1 fully saturated rings. The fraction of sp³-hybridized carbons (Fsp3) is 0.300. The second-order valence-electron chi connectivity index (χ2n) is 6.45. The minimum absolute atomic E-state index is 0.183. The van der Waals surface area contributed by atoms with Gasteiger partial charge in [0.1, 0.15) is 12.3 Å². The maximum atomic E-state index is 12.5. The molecule has 5 nitrogen and oxygen atoms in total. The molecule has 1 aliphatic rings. The second kappa shape index (κ2) is 6.97. The van der Waals surface area contributed by atoms with E-state index in [4.69, 9.17) is 4.74 Å². The minimum atomic E-state index is -0.218. The summed E-state index contributed by atoms with van der Waals surface area (Å²) in [5.74, 6) is 0. The Morgan fingerprint density at radius 1 is 1.24 bits per heavy atom. The molecule has 0 radical (unpaired) electrons. The average Bonchev–Trinajstić information content (AvgIpc) is 3.28. The van der Waals surface area contributed by atoms with Gasteiger partial charge in [-0.2, -0.15) is 0 Å². The van der Waals surface area contributed by atoms with Gasteiger partial charge < -0.3 is 14.6 Å². The number of aromatic amines is 1. The summed E-state index contributed by atoms with van der Waals surface area (Å²) >= 11 is 0. The number of aromatic nitrogens is 2. The molecule has 0 saturated carbocycles. The van der Waals surface area contributed by atoms with E-state index < -0.39 is 0 Å². The van der Waals surface area contributed by atoms with E-state index in [0.29, 0.717) is 6.61 Å². The SMILES string of the molecule is O=C(OCc1ccccc1)N1CCCC1Cc1c[nH]c2ncccc12. The Morgan fingerprint density at radius 2 is 2.12 bits per heavy atom. The van der Waals surface area contributed by atoms with Crippen molar-refractivity contribution in [3.05, 3.63) is 66.0 Å². The maximum absolute atomic E-state index is 12.5. The van der Waals surface area contributed by atoms with Crippen LogP contribution < -0.4 is 0 Å². The molecule has 25 heavy (non-hydrogen) atoms. The van der Waals surface area contributed by atoms with Gasteiger partial charge in [-0.15, -0.1) is 0 Å². The van der Waals surface area contributed by atoms with Crippen molar-refractivity contribution in [1.29, 1.82) is 0 Å². The minimum Gasteiger partial charge on any atom is -0.445 e. The van der Waals surface area contributed by atoms with Crippen LogP contribution in [0.1, 0.15) is 24.0 Å². The lowest BCUT2D eigenvalue weighted by Gasteiger charge is -2.24. The molecular formula is C20H21N3O2. The standard InChI is InChI=1S/C20H21N3O2/c24-20(25-14-15-6-2-1-3-7-15)23-11-5-8-17(23)12-16-13-22-19-18(16)9-4-10-21-19/h1-4,6-7,9-10,13,17H,5,8,11-12,14H2,(H,21,22). The van der Waals surface area contributed by atoms with E-state index in [0.717, 1.165) is 42.4 Å². The van der Waals surface area contributed by atoms with E-state index in [1.807, 2.05) is 47.5 Å². The van der Waals surface area contributed by atoms with Crippen molar-refractivity contribution >= 4 is 17.1 Å². The Bertz CT molecular complexity index is 860. The number of nitrogens with zero attached hydrogens (tertiary/aromatic N) is 2. The van der Waals surface area contributed by atoms with Crippen LogP contribution in [0.3, 0.4) is 0 Å². The molecule has 128 valence electrons. The van der Waals surface area contributed by atoms with Crippen molar-refractivity contribution in [3.63, 3.8) is 0 Å². The molecular weight excluding hydrogens is 314 g/mol. The number of nitrogens with one attached hydrogen (secondary N) is 1. The van der Waals surface area contributed by atoms with Crippen LogP contribution in [-0.4, -0.2) is 33.5 Å². The van der Waals surface area contributed by atoms with E-state index in [2.05, 4.69) is 16.0 Å². The molecule has 1 unspecified atom stereocenters. The Balaban J connectivity index is 1.42. The third kappa shape index (κ3) is 3.36. The van der Waals surface area contributed by atoms with Gasteiger partial charge in [-0.1, -0.05) is 30.3 Å². The zero-order valence-corrected chi connectivity index (χ0v) is 14.0. The van der Waals surface area contributed by atoms with Crippen molar-refractivity contribution in [2.75, 3.05) is 6.54 Å². The number of ether oxygens (including phenoxy) is 1. The Kier molecular flexibility index (Phi) is 4.37. The molecule has 5 heteroatoms. The first-order valence-corrected chi connectivity index (χ1v) is 8.69. The van der Waals surface area contributed by atoms with Crippen LogP contribution in [0.15, 0.2) is 54.9 Å². The molecule has 1 aliphatic heterocycles. The van der Waals surface area contributed by atoms with Crippen LogP contribution in [0.2, 0.25) is 0 Å². The average molecular weight is 335 g/mol. The highest BCUT2D eigenvalue weighted by Gasteiger charge is 2.30. The molecule has 0 aliphatic carbocycles. The molecule has 0 bridgehead atoms. The number of pyridine rings is 1. The highest BCUT2D eigenvalue weighted by molar-refractivity contribution is 5.79. The predicted octanol–water partition coefficient (Wildman–Crippen LogP) is 3.91. The molecule has 2 aromatic heterocycles. The fourth-order valence-electron chi connectivity index (χ4n) is 3.53. The Hall–Kier alpha value is -2.82. The summed E-state index contributed by atoms with van der Waals surface area (Å²) in [5, 5.41) is 1.13. The summed E-state index contributed by atoms with van der Waals surface area (Å²) in [4.78, 5) is 21.9. The van der Waals surface area contributed by atoms with Gasteiger partial charge >= 0.3 is 6.09 Å². The van der Waals surface area contributed by atoms with Crippen molar-refractivity contribution < 1.29 is 9.53 Å². The first kappa shape index (κ1) is 15.7. The van der Waals surface area contributed by atoms with Crippen molar-refractivity contribution in [1.82, 2.24) is 14.9 Å². The lowest BCUT2D eigenvalue weighted by molar-refractivity contribution is 0.0921. The van der Waals surface area contributed by atoms with E-state index in [9.17, 15) is 4.79 Å². The van der Waals surface area contributed by atoms with Gasteiger partial charge in [-0.05, 0) is 42.5 Å². The molecule has 4 rings (SSSR count). The highest BCUT2D eigenvalue weighted by Crippen LogP contribution is 2.25. The third-order valence-electron chi connectivity index (χ3n) is 4.81. The molecule has 1 saturated heterocycles. The smallest absolute Gasteiger partial charge is 0.410 e. The number of carbonyl (C=O) groups excluding carboxylic acids is 1. The van der Waals surface area contributed by atoms with Gasteiger partial charge in [-0.3, -0.25) is 0 Å². The Labute approximate surface area is 146 Å². The first-order chi connectivity index (χ1) is 12.3.